The van der Waals surface area contributed by atoms with Crippen molar-refractivity contribution in [1.82, 2.24) is 4.90 Å². The van der Waals surface area contributed by atoms with Crippen LogP contribution in [0.25, 0.3) is 0 Å². The number of nitrogen functional groups attached to an aromatic ring is 1. The van der Waals surface area contributed by atoms with Crippen molar-refractivity contribution in [2.24, 2.45) is 0 Å². The van der Waals surface area contributed by atoms with Crippen molar-refractivity contribution in [3.05, 3.63) is 23.8 Å². The second-order valence-electron chi connectivity index (χ2n) is 5.18. The number of benzene rings is 1. The van der Waals surface area contributed by atoms with Gasteiger partial charge in [-0.3, -0.25) is 9.69 Å². The predicted octanol–water partition coefficient (Wildman–Crippen LogP) is 2.59. The van der Waals surface area contributed by atoms with Crippen molar-refractivity contribution < 1.29 is 4.79 Å². The summed E-state index contributed by atoms with van der Waals surface area (Å²) in [7, 11) is 1.98. The molecule has 0 heterocycles. The lowest BCUT2D eigenvalue weighted by Gasteiger charge is -2.24. The number of hydrogen-bond acceptors (Lipinski definition) is 4. The van der Waals surface area contributed by atoms with E-state index in [1.807, 2.05) is 43.9 Å². The van der Waals surface area contributed by atoms with Crippen molar-refractivity contribution in [1.29, 1.82) is 0 Å². The predicted molar refractivity (Wildman–Crippen MR) is 89.3 cm³/mol. The van der Waals surface area contributed by atoms with Gasteiger partial charge in [-0.15, -0.1) is 0 Å². The first-order chi connectivity index (χ1) is 9.43. The third-order valence-corrected chi connectivity index (χ3v) is 4.01. The number of carbonyl (C=O) groups excluding carboxylic acids is 1. The molecular weight excluding hydrogens is 270 g/mol. The normalized spacial score (nSPS) is 12.4. The number of likely N-dealkylation sites (N-methyl/N-ethyl adjacent to an activating group) is 1. The second kappa shape index (κ2) is 8.17. The van der Waals surface area contributed by atoms with E-state index < -0.39 is 0 Å². The van der Waals surface area contributed by atoms with Crippen LogP contribution in [0.15, 0.2) is 18.2 Å². The zero-order valence-electron chi connectivity index (χ0n) is 12.8. The van der Waals surface area contributed by atoms with Crippen LogP contribution >= 0.6 is 11.8 Å². The number of hydrogen-bond donors (Lipinski definition) is 2. The van der Waals surface area contributed by atoms with E-state index in [9.17, 15) is 4.79 Å². The quantitative estimate of drug-likeness (QED) is 0.759. The zero-order valence-corrected chi connectivity index (χ0v) is 13.6. The Balaban J connectivity index is 2.50. The molecule has 0 aliphatic rings. The third-order valence-electron chi connectivity index (χ3n) is 3.37. The molecule has 1 rings (SSSR count). The summed E-state index contributed by atoms with van der Waals surface area (Å²) in [6.07, 6.45) is 3.18. The van der Waals surface area contributed by atoms with E-state index in [4.69, 9.17) is 5.73 Å². The molecule has 0 spiro atoms. The van der Waals surface area contributed by atoms with Crippen LogP contribution in [0.3, 0.4) is 0 Å². The molecule has 0 radical (unpaired) electrons. The Bertz CT molecular complexity index is 451. The lowest BCUT2D eigenvalue weighted by Crippen LogP contribution is -2.36. The number of aryl methyl sites for hydroxylation is 1. The van der Waals surface area contributed by atoms with Gasteiger partial charge in [-0.05, 0) is 57.0 Å². The fraction of sp³-hybridized carbons (Fsp3) is 0.533. The molecule has 0 aromatic heterocycles. The topological polar surface area (TPSA) is 58.4 Å². The Morgan fingerprint density at radius 3 is 2.80 bits per heavy atom. The summed E-state index contributed by atoms with van der Waals surface area (Å²) >= 11 is 1.83. The third kappa shape index (κ3) is 5.43. The van der Waals surface area contributed by atoms with Crippen molar-refractivity contribution >= 4 is 29.0 Å². The molecule has 1 unspecified atom stereocenters. The minimum Gasteiger partial charge on any atom is -0.397 e. The molecule has 112 valence electrons. The zero-order chi connectivity index (χ0) is 15.1. The molecule has 1 aromatic rings. The Kier molecular flexibility index (Phi) is 6.88. The van der Waals surface area contributed by atoms with Gasteiger partial charge in [0.05, 0.1) is 17.9 Å². The van der Waals surface area contributed by atoms with Crippen LogP contribution in [-0.2, 0) is 4.79 Å². The first kappa shape index (κ1) is 16.9. The Morgan fingerprint density at radius 2 is 2.20 bits per heavy atom. The van der Waals surface area contributed by atoms with Crippen LogP contribution in [-0.4, -0.2) is 42.4 Å². The van der Waals surface area contributed by atoms with E-state index in [-0.39, 0.29) is 5.91 Å². The largest absolute Gasteiger partial charge is 0.397 e. The lowest BCUT2D eigenvalue weighted by atomic mass is 10.2. The molecule has 0 fully saturated rings. The van der Waals surface area contributed by atoms with Gasteiger partial charge in [0, 0.05) is 6.04 Å². The highest BCUT2D eigenvalue weighted by Crippen LogP contribution is 2.19. The number of thioether (sulfide) groups is 1. The van der Waals surface area contributed by atoms with Gasteiger partial charge in [-0.2, -0.15) is 11.8 Å². The van der Waals surface area contributed by atoms with E-state index in [1.165, 1.54) is 0 Å². The Labute approximate surface area is 126 Å². The van der Waals surface area contributed by atoms with E-state index in [0.29, 0.717) is 24.0 Å². The first-order valence-corrected chi connectivity index (χ1v) is 8.18. The van der Waals surface area contributed by atoms with Crippen molar-refractivity contribution in [2.75, 3.05) is 36.7 Å². The Morgan fingerprint density at radius 1 is 1.50 bits per heavy atom. The highest BCUT2D eigenvalue weighted by atomic mass is 32.2. The van der Waals surface area contributed by atoms with Crippen LogP contribution in [0.5, 0.6) is 0 Å². The molecular formula is C15H25N3OS. The molecule has 0 saturated carbocycles. The van der Waals surface area contributed by atoms with E-state index in [1.54, 1.807) is 0 Å². The molecule has 5 heteroatoms. The molecule has 1 amide bonds. The summed E-state index contributed by atoms with van der Waals surface area (Å²) in [5.41, 5.74) is 8.28. The van der Waals surface area contributed by atoms with Crippen LogP contribution in [0.2, 0.25) is 0 Å². The molecule has 0 aliphatic carbocycles. The molecule has 0 saturated heterocycles. The average Bonchev–Trinajstić information content (AvgIpc) is 2.39. The SMILES string of the molecule is CSCCC(C)N(C)CC(=O)Nc1ccc(C)cc1N. The number of nitrogens with two attached hydrogens (primary N) is 1. The van der Waals surface area contributed by atoms with Gasteiger partial charge in [0.25, 0.3) is 0 Å². The number of amides is 1. The summed E-state index contributed by atoms with van der Waals surface area (Å²) in [6, 6.07) is 6.04. The standard InChI is InChI=1S/C15H25N3OS/c1-11-5-6-14(13(16)9-11)17-15(19)10-18(3)12(2)7-8-20-4/h5-6,9,12H,7-8,10,16H2,1-4H3,(H,17,19). The summed E-state index contributed by atoms with van der Waals surface area (Å²) in [5.74, 6) is 1.08. The fourth-order valence-corrected chi connectivity index (χ4v) is 2.45. The van der Waals surface area contributed by atoms with Gasteiger partial charge in [0.15, 0.2) is 0 Å². The Hall–Kier alpha value is -1.20. The van der Waals surface area contributed by atoms with Gasteiger partial charge in [-0.1, -0.05) is 6.07 Å². The number of anilines is 2. The van der Waals surface area contributed by atoms with E-state index >= 15 is 0 Å². The maximum Gasteiger partial charge on any atom is 0.238 e. The minimum atomic E-state index is -0.0287. The smallest absolute Gasteiger partial charge is 0.238 e. The van der Waals surface area contributed by atoms with Crippen LogP contribution < -0.4 is 11.1 Å². The molecule has 1 atom stereocenters. The minimum absolute atomic E-state index is 0.0287. The van der Waals surface area contributed by atoms with Gasteiger partial charge in [-0.25, -0.2) is 0 Å². The van der Waals surface area contributed by atoms with Crippen LogP contribution in [0, 0.1) is 6.92 Å². The first-order valence-electron chi connectivity index (χ1n) is 6.79. The van der Waals surface area contributed by atoms with E-state index in [2.05, 4.69) is 23.4 Å². The van der Waals surface area contributed by atoms with Crippen molar-refractivity contribution in [3.8, 4) is 0 Å². The van der Waals surface area contributed by atoms with Crippen LogP contribution in [0.4, 0.5) is 11.4 Å². The molecule has 20 heavy (non-hydrogen) atoms. The van der Waals surface area contributed by atoms with E-state index in [0.717, 1.165) is 17.7 Å². The molecule has 3 N–H and O–H groups in total. The number of nitrogens with one attached hydrogen (secondary N) is 1. The van der Waals surface area contributed by atoms with Gasteiger partial charge in [0.1, 0.15) is 0 Å². The number of nitrogens with zero attached hydrogens (tertiary/aromatic N) is 1. The summed E-state index contributed by atoms with van der Waals surface area (Å²) in [4.78, 5) is 14.1. The molecule has 1 aromatic carbocycles. The van der Waals surface area contributed by atoms with Crippen molar-refractivity contribution in [3.63, 3.8) is 0 Å². The lowest BCUT2D eigenvalue weighted by molar-refractivity contribution is -0.117. The maximum absolute atomic E-state index is 12.0. The number of carbonyl (C=O) groups is 1. The maximum atomic E-state index is 12.0. The second-order valence-corrected chi connectivity index (χ2v) is 6.17. The summed E-state index contributed by atoms with van der Waals surface area (Å²) in [6.45, 7) is 4.50. The van der Waals surface area contributed by atoms with Gasteiger partial charge < -0.3 is 11.1 Å². The van der Waals surface area contributed by atoms with Crippen LogP contribution in [0.1, 0.15) is 18.9 Å². The van der Waals surface area contributed by atoms with Gasteiger partial charge in [0.2, 0.25) is 5.91 Å². The molecule has 0 bridgehead atoms. The highest BCUT2D eigenvalue weighted by molar-refractivity contribution is 7.98. The van der Waals surface area contributed by atoms with Gasteiger partial charge >= 0.3 is 0 Å². The fourth-order valence-electron chi connectivity index (χ4n) is 1.88. The van der Waals surface area contributed by atoms with Crippen molar-refractivity contribution in [2.45, 2.75) is 26.3 Å². The summed E-state index contributed by atoms with van der Waals surface area (Å²) in [5, 5.41) is 2.87. The molecule has 0 aliphatic heterocycles. The molecule has 4 nitrogen and oxygen atoms in total. The average molecular weight is 295 g/mol. The summed E-state index contributed by atoms with van der Waals surface area (Å²) < 4.78 is 0. The highest BCUT2D eigenvalue weighted by Gasteiger charge is 2.13. The number of rotatable bonds is 7. The monoisotopic (exact) mass is 295 g/mol.